The lowest BCUT2D eigenvalue weighted by Gasteiger charge is -2.11. The minimum absolute atomic E-state index is 0.0480. The fourth-order valence-electron chi connectivity index (χ4n) is 1.49. The molecule has 1 aromatic heterocycles. The number of hydrogen-bond donors (Lipinski definition) is 2. The van der Waals surface area contributed by atoms with Crippen molar-refractivity contribution >= 4 is 11.9 Å². The molecule has 2 N–H and O–H groups in total. The molecule has 0 radical (unpaired) electrons. The van der Waals surface area contributed by atoms with Crippen LogP contribution in [0, 0.1) is 6.92 Å². The summed E-state index contributed by atoms with van der Waals surface area (Å²) in [5.74, 6) is -0.687. The van der Waals surface area contributed by atoms with Gasteiger partial charge in [0.15, 0.2) is 0 Å². The number of carbonyl (C=O) groups is 2. The van der Waals surface area contributed by atoms with E-state index in [0.717, 1.165) is 0 Å². The highest BCUT2D eigenvalue weighted by atomic mass is 16.5. The summed E-state index contributed by atoms with van der Waals surface area (Å²) in [6.45, 7) is 1.73. The summed E-state index contributed by atoms with van der Waals surface area (Å²) in [5, 5.41) is 15.0. The van der Waals surface area contributed by atoms with E-state index in [-0.39, 0.29) is 12.3 Å². The minimum Gasteiger partial charge on any atom is -0.480 e. The second-order valence-electron chi connectivity index (χ2n) is 4.04. The average Bonchev–Trinajstić information content (AvgIpc) is 2.85. The Hall–Kier alpha value is -1.85. The Morgan fingerprint density at radius 2 is 2.31 bits per heavy atom. The summed E-state index contributed by atoms with van der Waals surface area (Å²) in [7, 11) is 0. The number of carboxylic acid groups (broad SMARTS) is 1. The molecule has 0 bridgehead atoms. The van der Waals surface area contributed by atoms with Crippen molar-refractivity contribution in [3.05, 3.63) is 17.5 Å². The van der Waals surface area contributed by atoms with Gasteiger partial charge in [0, 0.05) is 6.07 Å². The van der Waals surface area contributed by atoms with Crippen molar-refractivity contribution in [1.29, 1.82) is 0 Å². The maximum absolute atomic E-state index is 11.5. The van der Waals surface area contributed by atoms with Gasteiger partial charge in [-0.1, -0.05) is 5.16 Å². The van der Waals surface area contributed by atoms with Gasteiger partial charge < -0.3 is 14.9 Å². The van der Waals surface area contributed by atoms with Crippen LogP contribution >= 0.6 is 0 Å². The topological polar surface area (TPSA) is 92.4 Å². The lowest BCUT2D eigenvalue weighted by atomic mass is 10.2. The summed E-state index contributed by atoms with van der Waals surface area (Å²) >= 11 is 0. The molecular formula is C10H12N2O4. The standard InChI is InChI=1S/C10H12N2O4/c1-6-4-7(12-16-6)5-8(13)11-10(2-3-10)9(14)15/h4H,2-3,5H2,1H3,(H,11,13)(H,14,15). The maximum atomic E-state index is 11.5. The van der Waals surface area contributed by atoms with Crippen LogP contribution in [0.15, 0.2) is 10.6 Å². The molecule has 1 amide bonds. The molecule has 0 saturated heterocycles. The highest BCUT2D eigenvalue weighted by Crippen LogP contribution is 2.35. The van der Waals surface area contributed by atoms with Crippen LogP contribution in [0.5, 0.6) is 0 Å². The zero-order chi connectivity index (χ0) is 11.8. The summed E-state index contributed by atoms with van der Waals surface area (Å²) in [4.78, 5) is 22.4. The third kappa shape index (κ3) is 2.05. The molecule has 0 aromatic carbocycles. The molecular weight excluding hydrogens is 212 g/mol. The number of nitrogens with one attached hydrogen (secondary N) is 1. The molecule has 86 valence electrons. The molecule has 16 heavy (non-hydrogen) atoms. The van der Waals surface area contributed by atoms with Gasteiger partial charge in [0.1, 0.15) is 11.3 Å². The average molecular weight is 224 g/mol. The van der Waals surface area contributed by atoms with Crippen LogP contribution < -0.4 is 5.32 Å². The van der Waals surface area contributed by atoms with E-state index in [4.69, 9.17) is 9.63 Å². The largest absolute Gasteiger partial charge is 0.480 e. The zero-order valence-electron chi connectivity index (χ0n) is 8.82. The van der Waals surface area contributed by atoms with Gasteiger partial charge in [0.2, 0.25) is 5.91 Å². The lowest BCUT2D eigenvalue weighted by molar-refractivity contribution is -0.143. The number of carboxylic acids is 1. The molecule has 0 atom stereocenters. The molecule has 6 nitrogen and oxygen atoms in total. The van der Waals surface area contributed by atoms with E-state index in [2.05, 4.69) is 10.5 Å². The van der Waals surface area contributed by atoms with Gasteiger partial charge in [-0.25, -0.2) is 4.79 Å². The van der Waals surface area contributed by atoms with Crippen LogP contribution in [0.2, 0.25) is 0 Å². The molecule has 1 saturated carbocycles. The number of carbonyl (C=O) groups excluding carboxylic acids is 1. The number of rotatable bonds is 4. The van der Waals surface area contributed by atoms with Crippen LogP contribution in [-0.4, -0.2) is 27.7 Å². The quantitative estimate of drug-likeness (QED) is 0.765. The fourth-order valence-corrected chi connectivity index (χ4v) is 1.49. The van der Waals surface area contributed by atoms with E-state index in [0.29, 0.717) is 24.3 Å². The van der Waals surface area contributed by atoms with Crippen molar-refractivity contribution in [3.63, 3.8) is 0 Å². The molecule has 6 heteroatoms. The first-order valence-electron chi connectivity index (χ1n) is 4.98. The highest BCUT2D eigenvalue weighted by Gasteiger charge is 2.51. The third-order valence-corrected chi connectivity index (χ3v) is 2.56. The first kappa shape index (κ1) is 10.7. The van der Waals surface area contributed by atoms with Crippen molar-refractivity contribution in [2.24, 2.45) is 0 Å². The Kier molecular flexibility index (Phi) is 2.41. The van der Waals surface area contributed by atoms with Crippen molar-refractivity contribution in [1.82, 2.24) is 10.5 Å². The number of hydrogen-bond acceptors (Lipinski definition) is 4. The van der Waals surface area contributed by atoms with E-state index in [9.17, 15) is 9.59 Å². The molecule has 0 aliphatic heterocycles. The van der Waals surface area contributed by atoms with E-state index < -0.39 is 11.5 Å². The molecule has 1 aliphatic carbocycles. The predicted octanol–water partition coefficient (Wildman–Crippen LogP) is 0.259. The van der Waals surface area contributed by atoms with Gasteiger partial charge in [0.05, 0.1) is 12.1 Å². The first-order valence-corrected chi connectivity index (χ1v) is 4.98. The van der Waals surface area contributed by atoms with E-state index >= 15 is 0 Å². The number of nitrogens with zero attached hydrogens (tertiary/aromatic N) is 1. The van der Waals surface area contributed by atoms with Gasteiger partial charge in [-0.2, -0.15) is 0 Å². The fraction of sp³-hybridized carbons (Fsp3) is 0.500. The smallest absolute Gasteiger partial charge is 0.329 e. The van der Waals surface area contributed by atoms with Crippen LogP contribution in [0.25, 0.3) is 0 Å². The maximum Gasteiger partial charge on any atom is 0.329 e. The van der Waals surface area contributed by atoms with Crippen molar-refractivity contribution in [2.75, 3.05) is 0 Å². The zero-order valence-corrected chi connectivity index (χ0v) is 8.82. The second kappa shape index (κ2) is 3.62. The highest BCUT2D eigenvalue weighted by molar-refractivity contribution is 5.90. The van der Waals surface area contributed by atoms with E-state index in [1.807, 2.05) is 0 Å². The number of aliphatic carboxylic acids is 1. The lowest BCUT2D eigenvalue weighted by Crippen LogP contribution is -2.43. The SMILES string of the molecule is Cc1cc(CC(=O)NC2(C(=O)O)CC2)no1. The van der Waals surface area contributed by atoms with Gasteiger partial charge >= 0.3 is 5.97 Å². The Bertz CT molecular complexity index is 434. The van der Waals surface area contributed by atoms with Crippen LogP contribution in [0.1, 0.15) is 24.3 Å². The van der Waals surface area contributed by atoms with E-state index in [1.54, 1.807) is 13.0 Å². The summed E-state index contributed by atoms with van der Waals surface area (Å²) < 4.78 is 4.81. The number of amides is 1. The van der Waals surface area contributed by atoms with Gasteiger partial charge in [-0.05, 0) is 19.8 Å². The van der Waals surface area contributed by atoms with Gasteiger partial charge in [-0.3, -0.25) is 4.79 Å². The van der Waals surface area contributed by atoms with Crippen LogP contribution in [0.4, 0.5) is 0 Å². The monoisotopic (exact) mass is 224 g/mol. The molecule has 1 fully saturated rings. The van der Waals surface area contributed by atoms with Gasteiger partial charge in [0.25, 0.3) is 0 Å². The Morgan fingerprint density at radius 1 is 1.62 bits per heavy atom. The third-order valence-electron chi connectivity index (χ3n) is 2.56. The normalized spacial score (nSPS) is 16.8. The molecule has 2 rings (SSSR count). The Morgan fingerprint density at radius 3 is 2.75 bits per heavy atom. The Balaban J connectivity index is 1.92. The van der Waals surface area contributed by atoms with Crippen molar-refractivity contribution in [2.45, 2.75) is 31.7 Å². The molecule has 1 aliphatic rings. The Labute approximate surface area is 91.6 Å². The van der Waals surface area contributed by atoms with Crippen LogP contribution in [0.3, 0.4) is 0 Å². The number of aryl methyl sites for hydroxylation is 1. The second-order valence-corrected chi connectivity index (χ2v) is 4.04. The molecule has 0 unspecified atom stereocenters. The molecule has 0 spiro atoms. The number of aromatic nitrogens is 1. The van der Waals surface area contributed by atoms with E-state index in [1.165, 1.54) is 0 Å². The summed E-state index contributed by atoms with van der Waals surface area (Å²) in [5.41, 5.74) is -0.522. The minimum atomic E-state index is -1.03. The molecule has 1 heterocycles. The predicted molar refractivity (Wildman–Crippen MR) is 52.7 cm³/mol. The molecule has 1 aromatic rings. The van der Waals surface area contributed by atoms with Crippen molar-refractivity contribution in [3.8, 4) is 0 Å². The van der Waals surface area contributed by atoms with Crippen LogP contribution in [-0.2, 0) is 16.0 Å². The first-order chi connectivity index (χ1) is 7.52. The van der Waals surface area contributed by atoms with Crippen molar-refractivity contribution < 1.29 is 19.2 Å². The summed E-state index contributed by atoms with van der Waals surface area (Å²) in [6, 6.07) is 1.65. The summed E-state index contributed by atoms with van der Waals surface area (Å²) in [6.07, 6.45) is 1.03. The van der Waals surface area contributed by atoms with Gasteiger partial charge in [-0.15, -0.1) is 0 Å².